The summed E-state index contributed by atoms with van der Waals surface area (Å²) in [5, 5.41) is 2.28. The van der Waals surface area contributed by atoms with Gasteiger partial charge in [-0.05, 0) is 41.5 Å². The van der Waals surface area contributed by atoms with Gasteiger partial charge in [0.15, 0.2) is 0 Å². The molecule has 1 saturated heterocycles. The van der Waals surface area contributed by atoms with Crippen LogP contribution in [0.3, 0.4) is 0 Å². The van der Waals surface area contributed by atoms with Gasteiger partial charge in [0.25, 0.3) is 0 Å². The molecule has 12 heteroatoms. The molecule has 1 fully saturated rings. The lowest BCUT2D eigenvalue weighted by Crippen LogP contribution is -2.46. The third-order valence-corrected chi connectivity index (χ3v) is 5.66. The zero-order chi connectivity index (χ0) is 24.6. The van der Waals surface area contributed by atoms with Crippen LogP contribution in [-0.4, -0.2) is 25.4 Å². The van der Waals surface area contributed by atoms with E-state index in [1.807, 2.05) is 0 Å². The van der Waals surface area contributed by atoms with Crippen molar-refractivity contribution in [1.29, 1.82) is 0 Å². The van der Waals surface area contributed by atoms with E-state index in [1.54, 1.807) is 6.92 Å². The first-order valence-corrected chi connectivity index (χ1v) is 10.4. The van der Waals surface area contributed by atoms with Crippen molar-refractivity contribution >= 4 is 34.8 Å². The second-order valence-electron chi connectivity index (χ2n) is 7.42. The van der Waals surface area contributed by atoms with Crippen LogP contribution in [0.4, 0.5) is 32.0 Å². The third kappa shape index (κ3) is 5.33. The number of carbonyl (C=O) groups is 1. The molecule has 1 heterocycles. The molecule has 2 aromatic carbocycles. The summed E-state index contributed by atoms with van der Waals surface area (Å²) in [6, 6.07) is 6.50. The van der Waals surface area contributed by atoms with Gasteiger partial charge in [-0.2, -0.15) is 26.3 Å². The summed E-state index contributed by atoms with van der Waals surface area (Å²) in [7, 11) is 0. The summed E-state index contributed by atoms with van der Waals surface area (Å²) >= 11 is 11.7. The van der Waals surface area contributed by atoms with E-state index < -0.39 is 42.7 Å². The normalized spacial score (nSPS) is 19.1. The number of ether oxygens (including phenoxy) is 1. The fraction of sp³-hybridized carbons (Fsp3) is 0.381. The van der Waals surface area contributed by atoms with Crippen LogP contribution in [-0.2, 0) is 27.9 Å². The molecule has 1 aliphatic rings. The Morgan fingerprint density at radius 1 is 1.09 bits per heavy atom. The fourth-order valence-electron chi connectivity index (χ4n) is 3.51. The molecule has 0 aliphatic carbocycles. The maximum Gasteiger partial charge on any atom is 0.423 e. The van der Waals surface area contributed by atoms with Gasteiger partial charge in [0, 0.05) is 28.7 Å². The number of hydrogen-bond acceptors (Lipinski definition) is 3. The number of benzene rings is 2. The molecule has 1 atom stereocenters. The van der Waals surface area contributed by atoms with E-state index >= 15 is 0 Å². The SMILES string of the molecule is CCC(=O)NCc1ccc(N2COC(c3cc(Cl)cc(Cl)c3)(C(F)(F)F)C2)cc1C(F)(F)F. The van der Waals surface area contributed by atoms with Gasteiger partial charge in [-0.15, -0.1) is 0 Å². The van der Waals surface area contributed by atoms with Crippen LogP contribution < -0.4 is 10.2 Å². The minimum absolute atomic E-state index is 0.0407. The summed E-state index contributed by atoms with van der Waals surface area (Å²) in [4.78, 5) is 12.5. The molecule has 3 rings (SSSR count). The van der Waals surface area contributed by atoms with Crippen LogP contribution in [0.1, 0.15) is 30.0 Å². The largest absolute Gasteiger partial charge is 0.423 e. The standard InChI is InChI=1S/C21H18Cl2F6N2O2/c1-2-18(32)30-9-12-3-4-16(8-17(12)20(24,25)26)31-10-19(33-11-31,21(27,28)29)13-5-14(22)7-15(23)6-13/h3-8H,2,9-11H2,1H3,(H,30,32). The maximum atomic E-state index is 14.1. The Bertz CT molecular complexity index is 1020. The number of alkyl halides is 6. The number of carbonyl (C=O) groups excluding carboxylic acids is 1. The van der Waals surface area contributed by atoms with Crippen LogP contribution in [0.25, 0.3) is 0 Å². The van der Waals surface area contributed by atoms with E-state index in [-0.39, 0.29) is 39.8 Å². The minimum atomic E-state index is -4.91. The Kier molecular flexibility index (Phi) is 7.12. The Morgan fingerprint density at radius 3 is 2.27 bits per heavy atom. The molecular formula is C21H18Cl2F6N2O2. The number of anilines is 1. The van der Waals surface area contributed by atoms with E-state index in [0.717, 1.165) is 29.2 Å². The van der Waals surface area contributed by atoms with Crippen molar-refractivity contribution in [3.63, 3.8) is 0 Å². The third-order valence-electron chi connectivity index (χ3n) is 5.23. The Morgan fingerprint density at radius 2 is 1.73 bits per heavy atom. The Balaban J connectivity index is 1.98. The predicted octanol–water partition coefficient (Wildman–Crippen LogP) is 6.29. The lowest BCUT2D eigenvalue weighted by Gasteiger charge is -2.31. The molecule has 0 aromatic heterocycles. The van der Waals surface area contributed by atoms with Gasteiger partial charge in [-0.25, -0.2) is 0 Å². The number of nitrogens with zero attached hydrogens (tertiary/aromatic N) is 1. The van der Waals surface area contributed by atoms with E-state index in [2.05, 4.69) is 5.32 Å². The molecule has 1 N–H and O–H groups in total. The highest BCUT2D eigenvalue weighted by Crippen LogP contribution is 2.48. The topological polar surface area (TPSA) is 41.6 Å². The lowest BCUT2D eigenvalue weighted by atomic mass is 9.92. The number of rotatable bonds is 5. The van der Waals surface area contributed by atoms with Crippen molar-refractivity contribution in [1.82, 2.24) is 5.32 Å². The predicted molar refractivity (Wildman–Crippen MR) is 111 cm³/mol. The first kappa shape index (κ1) is 25.5. The molecule has 0 radical (unpaired) electrons. The molecule has 180 valence electrons. The quantitative estimate of drug-likeness (QED) is 0.476. The lowest BCUT2D eigenvalue weighted by molar-refractivity contribution is -0.264. The zero-order valence-electron chi connectivity index (χ0n) is 17.1. The first-order valence-electron chi connectivity index (χ1n) is 9.66. The molecule has 1 aliphatic heterocycles. The Hall–Kier alpha value is -2.17. The molecule has 2 aromatic rings. The molecule has 4 nitrogen and oxygen atoms in total. The van der Waals surface area contributed by atoms with Gasteiger partial charge in [-0.1, -0.05) is 36.2 Å². The highest BCUT2D eigenvalue weighted by Gasteiger charge is 2.61. The molecule has 0 spiro atoms. The Labute approximate surface area is 195 Å². The van der Waals surface area contributed by atoms with Crippen LogP contribution in [0.5, 0.6) is 0 Å². The van der Waals surface area contributed by atoms with Gasteiger partial charge in [0.1, 0.15) is 6.73 Å². The smallest absolute Gasteiger partial charge is 0.352 e. The maximum absolute atomic E-state index is 14.1. The average molecular weight is 515 g/mol. The van der Waals surface area contributed by atoms with Crippen LogP contribution in [0.15, 0.2) is 36.4 Å². The van der Waals surface area contributed by atoms with E-state index in [1.165, 1.54) is 12.1 Å². The van der Waals surface area contributed by atoms with E-state index in [4.69, 9.17) is 27.9 Å². The number of hydrogen-bond donors (Lipinski definition) is 1. The van der Waals surface area contributed by atoms with E-state index in [9.17, 15) is 31.1 Å². The van der Waals surface area contributed by atoms with Gasteiger partial charge in [0.2, 0.25) is 11.5 Å². The van der Waals surface area contributed by atoms with Crippen molar-refractivity contribution in [2.75, 3.05) is 18.2 Å². The summed E-state index contributed by atoms with van der Waals surface area (Å²) in [5.41, 5.74) is -4.59. The molecule has 0 bridgehead atoms. The minimum Gasteiger partial charge on any atom is -0.352 e. The number of amides is 1. The van der Waals surface area contributed by atoms with Gasteiger partial charge < -0.3 is 15.0 Å². The molecular weight excluding hydrogens is 497 g/mol. The number of halogens is 8. The zero-order valence-corrected chi connectivity index (χ0v) is 18.6. The number of nitrogens with one attached hydrogen (secondary N) is 1. The first-order chi connectivity index (χ1) is 15.3. The summed E-state index contributed by atoms with van der Waals surface area (Å²) in [6.07, 6.45) is -9.60. The van der Waals surface area contributed by atoms with Gasteiger partial charge >= 0.3 is 12.4 Å². The molecule has 1 amide bonds. The van der Waals surface area contributed by atoms with Gasteiger partial charge in [-0.3, -0.25) is 4.79 Å². The molecule has 0 saturated carbocycles. The van der Waals surface area contributed by atoms with E-state index in [0.29, 0.717) is 0 Å². The average Bonchev–Trinajstić information content (AvgIpc) is 3.17. The molecule has 33 heavy (non-hydrogen) atoms. The second-order valence-corrected chi connectivity index (χ2v) is 8.30. The van der Waals surface area contributed by atoms with Crippen molar-refractivity contribution in [2.24, 2.45) is 0 Å². The van der Waals surface area contributed by atoms with Crippen molar-refractivity contribution in [3.05, 3.63) is 63.1 Å². The summed E-state index contributed by atoms with van der Waals surface area (Å²) in [5.74, 6) is -0.435. The van der Waals surface area contributed by atoms with Crippen LogP contribution in [0, 0.1) is 0 Å². The molecule has 1 unspecified atom stereocenters. The monoisotopic (exact) mass is 514 g/mol. The second kappa shape index (κ2) is 9.23. The highest BCUT2D eigenvalue weighted by molar-refractivity contribution is 6.34. The summed E-state index contributed by atoms with van der Waals surface area (Å²) in [6.45, 7) is -0.245. The van der Waals surface area contributed by atoms with Gasteiger partial charge in [0.05, 0.1) is 12.1 Å². The highest BCUT2D eigenvalue weighted by atomic mass is 35.5. The van der Waals surface area contributed by atoms with Crippen molar-refractivity contribution in [2.45, 2.75) is 37.8 Å². The van der Waals surface area contributed by atoms with Crippen molar-refractivity contribution < 1.29 is 35.9 Å². The van der Waals surface area contributed by atoms with Crippen LogP contribution >= 0.6 is 23.2 Å². The van der Waals surface area contributed by atoms with Crippen molar-refractivity contribution in [3.8, 4) is 0 Å². The fourth-order valence-corrected chi connectivity index (χ4v) is 4.03. The van der Waals surface area contributed by atoms with Crippen LogP contribution in [0.2, 0.25) is 10.0 Å². The summed E-state index contributed by atoms with van der Waals surface area (Å²) < 4.78 is 88.5.